The van der Waals surface area contributed by atoms with Crippen LogP contribution in [-0.4, -0.2) is 23.9 Å². The van der Waals surface area contributed by atoms with Gasteiger partial charge in [0.2, 0.25) is 0 Å². The van der Waals surface area contributed by atoms with Crippen molar-refractivity contribution in [3.63, 3.8) is 0 Å². The normalized spacial score (nSPS) is 28.6. The number of hydrogen-bond acceptors (Lipinski definition) is 2. The number of hydrogen-bond donors (Lipinski definition) is 1. The highest BCUT2D eigenvalue weighted by molar-refractivity contribution is 5.19. The van der Waals surface area contributed by atoms with Gasteiger partial charge in [0.15, 0.2) is 0 Å². The minimum Gasteiger partial charge on any atom is -0.386 e. The third kappa shape index (κ3) is 1.41. The van der Waals surface area contributed by atoms with Crippen LogP contribution in [0.3, 0.4) is 0 Å². The largest absolute Gasteiger partial charge is 0.386 e. The lowest BCUT2D eigenvalue weighted by molar-refractivity contribution is 0.0647. The summed E-state index contributed by atoms with van der Waals surface area (Å²) in [5.74, 6) is 0. The van der Waals surface area contributed by atoms with Gasteiger partial charge in [0.25, 0.3) is 0 Å². The Morgan fingerprint density at radius 2 is 2.08 bits per heavy atom. The second-order valence-corrected chi connectivity index (χ2v) is 3.79. The van der Waals surface area contributed by atoms with Gasteiger partial charge in [-0.2, -0.15) is 0 Å². The molecule has 1 aliphatic carbocycles. The molecular weight excluding hydrogens is 152 g/mol. The summed E-state index contributed by atoms with van der Waals surface area (Å²) in [6.45, 7) is 1.48. The molecule has 0 bridgehead atoms. The van der Waals surface area contributed by atoms with Gasteiger partial charge in [-0.15, -0.1) is 0 Å². The van der Waals surface area contributed by atoms with Crippen molar-refractivity contribution in [3.05, 3.63) is 11.6 Å². The summed E-state index contributed by atoms with van der Waals surface area (Å²) in [7, 11) is 0. The maximum Gasteiger partial charge on any atom is 0.0858 e. The number of rotatable bonds is 1. The zero-order valence-corrected chi connectivity index (χ0v) is 7.38. The fourth-order valence-electron chi connectivity index (χ4n) is 2.23. The van der Waals surface area contributed by atoms with E-state index in [9.17, 15) is 5.11 Å². The molecule has 68 valence electrons. The third-order valence-corrected chi connectivity index (χ3v) is 2.99. The molecule has 1 fully saturated rings. The summed E-state index contributed by atoms with van der Waals surface area (Å²) >= 11 is 0. The summed E-state index contributed by atoms with van der Waals surface area (Å²) in [6, 6.07) is 0. The molecular formula is C10H16O2. The first kappa shape index (κ1) is 8.27. The fraction of sp³-hybridized carbons (Fsp3) is 0.800. The Bertz CT molecular complexity index is 190. The van der Waals surface area contributed by atoms with E-state index in [1.807, 2.05) is 0 Å². The van der Waals surface area contributed by atoms with Crippen molar-refractivity contribution in [3.8, 4) is 0 Å². The molecule has 0 saturated heterocycles. The first-order chi connectivity index (χ1) is 5.81. The van der Waals surface area contributed by atoms with Gasteiger partial charge >= 0.3 is 0 Å². The average molecular weight is 168 g/mol. The Hall–Kier alpha value is -0.340. The van der Waals surface area contributed by atoms with Crippen LogP contribution in [0.2, 0.25) is 0 Å². The van der Waals surface area contributed by atoms with Crippen molar-refractivity contribution in [1.82, 2.24) is 0 Å². The highest BCUT2D eigenvalue weighted by Crippen LogP contribution is 2.37. The lowest BCUT2D eigenvalue weighted by Crippen LogP contribution is -2.29. The molecule has 1 saturated carbocycles. The summed E-state index contributed by atoms with van der Waals surface area (Å²) in [6.07, 6.45) is 7.26. The Morgan fingerprint density at radius 3 is 2.67 bits per heavy atom. The lowest BCUT2D eigenvalue weighted by atomic mass is 9.89. The van der Waals surface area contributed by atoms with Crippen molar-refractivity contribution in [2.24, 2.45) is 0 Å². The molecule has 0 radical (unpaired) electrons. The van der Waals surface area contributed by atoms with E-state index in [1.165, 1.54) is 18.4 Å². The second kappa shape index (κ2) is 3.19. The van der Waals surface area contributed by atoms with Crippen molar-refractivity contribution < 1.29 is 9.84 Å². The molecule has 12 heavy (non-hydrogen) atoms. The molecule has 0 atom stereocenters. The fourth-order valence-corrected chi connectivity index (χ4v) is 2.23. The monoisotopic (exact) mass is 168 g/mol. The molecule has 1 heterocycles. The Balaban J connectivity index is 2.10. The molecule has 1 aliphatic heterocycles. The minimum atomic E-state index is -0.455. The van der Waals surface area contributed by atoms with Crippen molar-refractivity contribution >= 4 is 0 Å². The van der Waals surface area contributed by atoms with E-state index >= 15 is 0 Å². The molecule has 2 nitrogen and oxygen atoms in total. The molecule has 0 aromatic rings. The summed E-state index contributed by atoms with van der Waals surface area (Å²) < 4.78 is 5.22. The standard InChI is InChI=1S/C10H16O2/c11-10(5-1-2-6-10)9-3-7-12-8-4-9/h3,11H,1-2,4-8H2. The topological polar surface area (TPSA) is 29.5 Å². The average Bonchev–Trinajstić information content (AvgIpc) is 2.55. The number of aliphatic hydroxyl groups is 1. The zero-order valence-electron chi connectivity index (χ0n) is 7.38. The van der Waals surface area contributed by atoms with Crippen LogP contribution in [0.15, 0.2) is 11.6 Å². The van der Waals surface area contributed by atoms with Gasteiger partial charge in [-0.3, -0.25) is 0 Å². The van der Waals surface area contributed by atoms with Gasteiger partial charge < -0.3 is 9.84 Å². The van der Waals surface area contributed by atoms with E-state index in [2.05, 4.69) is 6.08 Å². The highest BCUT2D eigenvalue weighted by atomic mass is 16.5. The SMILES string of the molecule is OC1(C2=CCOCC2)CCCC1. The predicted octanol–water partition coefficient (Wildman–Crippen LogP) is 1.64. The zero-order chi connectivity index (χ0) is 8.44. The van der Waals surface area contributed by atoms with Crippen molar-refractivity contribution in [2.75, 3.05) is 13.2 Å². The van der Waals surface area contributed by atoms with Gasteiger partial charge in [-0.1, -0.05) is 18.9 Å². The summed E-state index contributed by atoms with van der Waals surface area (Å²) in [5.41, 5.74) is 0.773. The van der Waals surface area contributed by atoms with Crippen molar-refractivity contribution in [2.45, 2.75) is 37.7 Å². The van der Waals surface area contributed by atoms with Crippen LogP contribution in [0.25, 0.3) is 0 Å². The summed E-state index contributed by atoms with van der Waals surface area (Å²) in [5, 5.41) is 10.2. The third-order valence-electron chi connectivity index (χ3n) is 2.99. The molecule has 0 spiro atoms. The van der Waals surface area contributed by atoms with Crippen LogP contribution in [-0.2, 0) is 4.74 Å². The van der Waals surface area contributed by atoms with Crippen LogP contribution < -0.4 is 0 Å². The van der Waals surface area contributed by atoms with E-state index < -0.39 is 5.60 Å². The second-order valence-electron chi connectivity index (χ2n) is 3.79. The van der Waals surface area contributed by atoms with Gasteiger partial charge in [0.1, 0.15) is 0 Å². The van der Waals surface area contributed by atoms with Gasteiger partial charge in [0.05, 0.1) is 18.8 Å². The number of ether oxygens (including phenoxy) is 1. The minimum absolute atomic E-state index is 0.455. The maximum atomic E-state index is 10.2. The lowest BCUT2D eigenvalue weighted by Gasteiger charge is -2.28. The molecule has 0 unspecified atom stereocenters. The molecule has 2 heteroatoms. The highest BCUT2D eigenvalue weighted by Gasteiger charge is 2.34. The van der Waals surface area contributed by atoms with Crippen molar-refractivity contribution in [1.29, 1.82) is 0 Å². The molecule has 0 aromatic heterocycles. The predicted molar refractivity (Wildman–Crippen MR) is 46.9 cm³/mol. The van der Waals surface area contributed by atoms with Crippen LogP contribution in [0.5, 0.6) is 0 Å². The molecule has 2 rings (SSSR count). The molecule has 0 aromatic carbocycles. The van der Waals surface area contributed by atoms with Gasteiger partial charge in [0, 0.05) is 0 Å². The maximum absolute atomic E-state index is 10.2. The van der Waals surface area contributed by atoms with E-state index in [0.717, 1.165) is 25.9 Å². The molecule has 2 aliphatic rings. The van der Waals surface area contributed by atoms with Crippen LogP contribution in [0, 0.1) is 0 Å². The van der Waals surface area contributed by atoms with Crippen LogP contribution >= 0.6 is 0 Å². The van der Waals surface area contributed by atoms with Crippen LogP contribution in [0.4, 0.5) is 0 Å². The van der Waals surface area contributed by atoms with Crippen LogP contribution in [0.1, 0.15) is 32.1 Å². The summed E-state index contributed by atoms with van der Waals surface area (Å²) in [4.78, 5) is 0. The smallest absolute Gasteiger partial charge is 0.0858 e. The first-order valence-corrected chi connectivity index (χ1v) is 4.81. The van der Waals surface area contributed by atoms with E-state index in [0.29, 0.717) is 6.61 Å². The van der Waals surface area contributed by atoms with Gasteiger partial charge in [-0.25, -0.2) is 0 Å². The van der Waals surface area contributed by atoms with E-state index in [4.69, 9.17) is 4.74 Å². The van der Waals surface area contributed by atoms with Gasteiger partial charge in [-0.05, 0) is 24.8 Å². The van der Waals surface area contributed by atoms with E-state index in [1.54, 1.807) is 0 Å². The first-order valence-electron chi connectivity index (χ1n) is 4.81. The van der Waals surface area contributed by atoms with E-state index in [-0.39, 0.29) is 0 Å². The molecule has 1 N–H and O–H groups in total. The Morgan fingerprint density at radius 1 is 1.33 bits per heavy atom. The molecule has 0 amide bonds. The Labute approximate surface area is 73.2 Å². The quantitative estimate of drug-likeness (QED) is 0.603. The Kier molecular flexibility index (Phi) is 2.20.